The van der Waals surface area contributed by atoms with Crippen molar-refractivity contribution >= 4 is 28.6 Å². The van der Waals surface area contributed by atoms with Gasteiger partial charge >= 0.3 is 6.18 Å². The maximum atomic E-state index is 14.1. The van der Waals surface area contributed by atoms with Gasteiger partial charge in [0, 0.05) is 17.4 Å². The maximum Gasteiger partial charge on any atom is 0.414 e. The van der Waals surface area contributed by atoms with Gasteiger partial charge in [0.25, 0.3) is 0 Å². The van der Waals surface area contributed by atoms with Gasteiger partial charge in [0.1, 0.15) is 11.5 Å². The molecule has 1 N–H and O–H groups in total. The molecule has 0 aliphatic carbocycles. The number of methoxy groups -OCH3 is 2. The van der Waals surface area contributed by atoms with Crippen molar-refractivity contribution in [2.75, 3.05) is 26.5 Å². The number of aromatic amines is 1. The number of fused-ring (bicyclic) bond motifs is 3. The number of hydrogen-bond acceptors (Lipinski definition) is 4. The van der Waals surface area contributed by atoms with Crippen molar-refractivity contribution in [2.24, 2.45) is 0 Å². The van der Waals surface area contributed by atoms with Gasteiger partial charge in [-0.05, 0) is 36.2 Å². The third-order valence-corrected chi connectivity index (χ3v) is 6.41. The molecule has 0 unspecified atom stereocenters. The third kappa shape index (κ3) is 4.06. The van der Waals surface area contributed by atoms with Gasteiger partial charge in [-0.3, -0.25) is 4.79 Å². The summed E-state index contributed by atoms with van der Waals surface area (Å²) in [5, 5.41) is 0.773. The molecule has 0 fully saturated rings. The Hall–Kier alpha value is -2.81. The Bertz CT molecular complexity index is 1110. The van der Waals surface area contributed by atoms with E-state index in [-0.39, 0.29) is 18.0 Å². The number of H-pyrrole nitrogens is 1. The number of halogens is 3. The second-order valence-corrected chi connectivity index (χ2v) is 8.17. The van der Waals surface area contributed by atoms with Crippen LogP contribution in [0.15, 0.2) is 47.4 Å². The topological polar surface area (TPSA) is 54.6 Å². The number of benzene rings is 2. The van der Waals surface area contributed by atoms with Crippen molar-refractivity contribution in [3.8, 4) is 11.5 Å². The highest BCUT2D eigenvalue weighted by Crippen LogP contribution is 2.44. The third-order valence-electron chi connectivity index (χ3n) is 5.39. The van der Waals surface area contributed by atoms with Crippen molar-refractivity contribution in [2.45, 2.75) is 23.5 Å². The first-order chi connectivity index (χ1) is 14.8. The summed E-state index contributed by atoms with van der Waals surface area (Å²) >= 11 is 1.13. The number of alkyl halides is 3. The summed E-state index contributed by atoms with van der Waals surface area (Å²) in [6.45, 7) is 0.00760. The molecule has 3 aromatic rings. The van der Waals surface area contributed by atoms with Crippen LogP contribution in [0.2, 0.25) is 0 Å². The van der Waals surface area contributed by atoms with E-state index in [0.717, 1.165) is 22.0 Å². The highest BCUT2D eigenvalue weighted by Gasteiger charge is 2.50. The quantitative estimate of drug-likeness (QED) is 0.558. The van der Waals surface area contributed by atoms with Crippen molar-refractivity contribution in [3.63, 3.8) is 0 Å². The molecule has 0 saturated heterocycles. The number of amides is 1. The predicted molar refractivity (Wildman–Crippen MR) is 113 cm³/mol. The molecule has 0 bridgehead atoms. The zero-order valence-electron chi connectivity index (χ0n) is 17.0. The minimum absolute atomic E-state index is 0.00760. The number of hydrogen-bond donors (Lipinski definition) is 1. The Balaban J connectivity index is 1.61. The normalized spacial score (nSPS) is 16.3. The first-order valence-corrected chi connectivity index (χ1v) is 10.6. The predicted octanol–water partition coefficient (Wildman–Crippen LogP) is 4.97. The largest absolute Gasteiger partial charge is 0.497 e. The van der Waals surface area contributed by atoms with Crippen molar-refractivity contribution in [1.29, 1.82) is 0 Å². The van der Waals surface area contributed by atoms with Crippen molar-refractivity contribution < 1.29 is 27.4 Å². The zero-order valence-corrected chi connectivity index (χ0v) is 17.8. The molecule has 0 saturated carbocycles. The molecule has 0 spiro atoms. The van der Waals surface area contributed by atoms with E-state index in [0.29, 0.717) is 33.9 Å². The Labute approximate surface area is 181 Å². The van der Waals surface area contributed by atoms with Gasteiger partial charge in [0.05, 0.1) is 30.6 Å². The fourth-order valence-corrected chi connectivity index (χ4v) is 4.91. The number of rotatable bonds is 5. The zero-order chi connectivity index (χ0) is 22.2. The lowest BCUT2D eigenvalue weighted by atomic mass is 9.97. The number of carbonyl (C=O) groups is 1. The number of ether oxygens (including phenoxy) is 2. The van der Waals surface area contributed by atoms with Gasteiger partial charge in [0.2, 0.25) is 5.91 Å². The van der Waals surface area contributed by atoms with E-state index in [2.05, 4.69) is 4.98 Å². The van der Waals surface area contributed by atoms with Gasteiger partial charge in [-0.15, -0.1) is 11.8 Å². The molecule has 1 aromatic heterocycles. The second-order valence-electron chi connectivity index (χ2n) is 7.15. The van der Waals surface area contributed by atoms with Crippen LogP contribution in [-0.2, 0) is 11.2 Å². The number of para-hydroxylation sites is 1. The lowest BCUT2D eigenvalue weighted by Crippen LogP contribution is -2.47. The minimum Gasteiger partial charge on any atom is -0.497 e. The van der Waals surface area contributed by atoms with Crippen molar-refractivity contribution in [1.82, 2.24) is 9.88 Å². The lowest BCUT2D eigenvalue weighted by molar-refractivity contribution is -0.193. The summed E-state index contributed by atoms with van der Waals surface area (Å²) in [4.78, 5) is 17.4. The summed E-state index contributed by atoms with van der Waals surface area (Å²) in [6, 6.07) is 10.2. The number of nitrogens with zero attached hydrogens (tertiary/aromatic N) is 1. The molecule has 5 nitrogen and oxygen atoms in total. The molecule has 1 aliphatic rings. The SMILES string of the molecule is COc1ccc(OC)c(SCC(=O)N2CCc3c([nH]c4ccccc34)[C@@H]2C(F)(F)F)c1. The highest BCUT2D eigenvalue weighted by molar-refractivity contribution is 8.00. The van der Waals surface area contributed by atoms with Gasteiger partial charge in [0.15, 0.2) is 6.04 Å². The van der Waals surface area contributed by atoms with Crippen LogP contribution in [0.5, 0.6) is 11.5 Å². The molecule has 9 heteroatoms. The van der Waals surface area contributed by atoms with E-state index < -0.39 is 18.1 Å². The molecule has 2 aromatic carbocycles. The maximum absolute atomic E-state index is 14.1. The summed E-state index contributed by atoms with van der Waals surface area (Å²) < 4.78 is 52.7. The standard InChI is InChI=1S/C22H21F3N2O3S/c1-29-13-7-8-17(30-2)18(11-13)31-12-19(28)27-10-9-15-14-5-3-4-6-16(14)26-20(15)21(27)22(23,24)25/h3-8,11,21,26H,9-10,12H2,1-2H3/t21-/m1/s1. The molecule has 2 heterocycles. The highest BCUT2D eigenvalue weighted by atomic mass is 32.2. The van der Waals surface area contributed by atoms with Crippen LogP contribution >= 0.6 is 11.8 Å². The number of nitrogens with one attached hydrogen (secondary N) is 1. The molecule has 1 aliphatic heterocycles. The van der Waals surface area contributed by atoms with Crippen LogP contribution < -0.4 is 9.47 Å². The molecule has 164 valence electrons. The average Bonchev–Trinajstić information content (AvgIpc) is 3.14. The first-order valence-electron chi connectivity index (χ1n) is 9.64. The van der Waals surface area contributed by atoms with Crippen LogP contribution in [0.25, 0.3) is 10.9 Å². The number of thioether (sulfide) groups is 1. The molecular weight excluding hydrogens is 429 g/mol. The van der Waals surface area contributed by atoms with Crippen LogP contribution in [0.4, 0.5) is 13.2 Å². The second kappa shape index (κ2) is 8.37. The minimum atomic E-state index is -4.59. The molecule has 4 rings (SSSR count). The first kappa shape index (κ1) is 21.4. The van der Waals surface area contributed by atoms with Crippen LogP contribution in [-0.4, -0.2) is 48.5 Å². The van der Waals surface area contributed by atoms with Gasteiger partial charge in [-0.25, -0.2) is 0 Å². The van der Waals surface area contributed by atoms with Gasteiger partial charge in [-0.2, -0.15) is 13.2 Å². The van der Waals surface area contributed by atoms with Crippen LogP contribution in [0, 0.1) is 0 Å². The molecule has 1 atom stereocenters. The fourth-order valence-electron chi connectivity index (χ4n) is 3.97. The van der Waals surface area contributed by atoms with E-state index in [1.54, 1.807) is 42.5 Å². The smallest absolute Gasteiger partial charge is 0.414 e. The number of aromatic nitrogens is 1. The molecule has 1 amide bonds. The summed E-state index contributed by atoms with van der Waals surface area (Å²) in [5.41, 5.74) is 1.33. The van der Waals surface area contributed by atoms with E-state index in [1.165, 1.54) is 14.2 Å². The van der Waals surface area contributed by atoms with Crippen molar-refractivity contribution in [3.05, 3.63) is 53.7 Å². The summed E-state index contributed by atoms with van der Waals surface area (Å²) in [5.74, 6) is 0.375. The Morgan fingerprint density at radius 1 is 1.19 bits per heavy atom. The van der Waals surface area contributed by atoms with Crippen LogP contribution in [0.1, 0.15) is 17.3 Å². The fraction of sp³-hybridized carbons (Fsp3) is 0.318. The van der Waals surface area contributed by atoms with E-state index >= 15 is 0 Å². The van der Waals surface area contributed by atoms with E-state index in [4.69, 9.17) is 9.47 Å². The average molecular weight is 450 g/mol. The Morgan fingerprint density at radius 2 is 1.97 bits per heavy atom. The molecule has 0 radical (unpaired) electrons. The molecular formula is C22H21F3N2O3S. The van der Waals surface area contributed by atoms with Gasteiger partial charge in [-0.1, -0.05) is 18.2 Å². The Kier molecular flexibility index (Phi) is 5.79. The molecule has 31 heavy (non-hydrogen) atoms. The van der Waals surface area contributed by atoms with E-state index in [1.807, 2.05) is 0 Å². The monoisotopic (exact) mass is 450 g/mol. The van der Waals surface area contributed by atoms with E-state index in [9.17, 15) is 18.0 Å². The van der Waals surface area contributed by atoms with Crippen LogP contribution in [0.3, 0.4) is 0 Å². The summed E-state index contributed by atoms with van der Waals surface area (Å²) in [7, 11) is 3.01. The summed E-state index contributed by atoms with van der Waals surface area (Å²) in [6.07, 6.45) is -4.23. The Morgan fingerprint density at radius 3 is 2.68 bits per heavy atom. The van der Waals surface area contributed by atoms with Gasteiger partial charge < -0.3 is 19.4 Å². The number of carbonyl (C=O) groups excluding carboxylic acids is 1. The lowest BCUT2D eigenvalue weighted by Gasteiger charge is -2.36.